The molecule has 1 saturated heterocycles. The van der Waals surface area contributed by atoms with Crippen LogP contribution in [0.4, 0.5) is 10.5 Å². The van der Waals surface area contributed by atoms with Crippen molar-refractivity contribution in [1.29, 1.82) is 0 Å². The second-order valence-corrected chi connectivity index (χ2v) is 5.95. The molecule has 0 aliphatic carbocycles. The van der Waals surface area contributed by atoms with Crippen molar-refractivity contribution in [2.75, 3.05) is 25.1 Å². The zero-order chi connectivity index (χ0) is 15.5. The van der Waals surface area contributed by atoms with Gasteiger partial charge in [0.25, 0.3) is 0 Å². The quantitative estimate of drug-likeness (QED) is 0.790. The third kappa shape index (κ3) is 3.39. The standard InChI is InChI=1S/C16H21N3O3/c1-10(18-16(21)17-8-11-4-5-22-9-11)12-2-3-14-13(6-12)7-15(20)19-14/h2-3,6,10-11H,4-5,7-9H2,1H3,(H,19,20)(H2,17,18,21). The molecule has 2 aliphatic rings. The van der Waals surface area contributed by atoms with Crippen LogP contribution in [0.5, 0.6) is 0 Å². The first-order chi connectivity index (χ1) is 10.6. The molecule has 2 aliphatic heterocycles. The highest BCUT2D eigenvalue weighted by Crippen LogP contribution is 2.26. The molecule has 2 atom stereocenters. The Bertz CT molecular complexity index is 582. The van der Waals surface area contributed by atoms with Gasteiger partial charge in [-0.15, -0.1) is 0 Å². The zero-order valence-corrected chi connectivity index (χ0v) is 12.6. The zero-order valence-electron chi connectivity index (χ0n) is 12.6. The van der Waals surface area contributed by atoms with E-state index in [1.165, 1.54) is 0 Å². The highest BCUT2D eigenvalue weighted by Gasteiger charge is 2.20. The van der Waals surface area contributed by atoms with Crippen LogP contribution >= 0.6 is 0 Å². The molecule has 1 aromatic carbocycles. The number of nitrogens with one attached hydrogen (secondary N) is 3. The topological polar surface area (TPSA) is 79.5 Å². The van der Waals surface area contributed by atoms with Crippen molar-refractivity contribution in [3.05, 3.63) is 29.3 Å². The van der Waals surface area contributed by atoms with E-state index in [0.717, 1.165) is 36.4 Å². The van der Waals surface area contributed by atoms with Gasteiger partial charge in [-0.05, 0) is 30.5 Å². The average Bonchev–Trinajstić information content (AvgIpc) is 3.12. The lowest BCUT2D eigenvalue weighted by atomic mass is 10.0. The van der Waals surface area contributed by atoms with Crippen molar-refractivity contribution in [3.63, 3.8) is 0 Å². The fraction of sp³-hybridized carbons (Fsp3) is 0.500. The maximum atomic E-state index is 11.9. The van der Waals surface area contributed by atoms with E-state index in [-0.39, 0.29) is 18.0 Å². The number of fused-ring (bicyclic) bond motifs is 1. The van der Waals surface area contributed by atoms with E-state index in [9.17, 15) is 9.59 Å². The fourth-order valence-electron chi connectivity index (χ4n) is 2.83. The van der Waals surface area contributed by atoms with Gasteiger partial charge >= 0.3 is 6.03 Å². The molecule has 1 aromatic rings. The van der Waals surface area contributed by atoms with Gasteiger partial charge in [0.05, 0.1) is 19.1 Å². The van der Waals surface area contributed by atoms with Crippen molar-refractivity contribution in [3.8, 4) is 0 Å². The molecule has 2 unspecified atom stereocenters. The van der Waals surface area contributed by atoms with E-state index in [1.54, 1.807) is 0 Å². The van der Waals surface area contributed by atoms with Gasteiger partial charge < -0.3 is 20.7 Å². The molecule has 1 fully saturated rings. The molecule has 6 nitrogen and oxygen atoms in total. The smallest absolute Gasteiger partial charge is 0.315 e. The van der Waals surface area contributed by atoms with Crippen LogP contribution in [0, 0.1) is 5.92 Å². The number of benzene rings is 1. The Balaban J connectivity index is 1.53. The summed E-state index contributed by atoms with van der Waals surface area (Å²) in [5, 5.41) is 8.62. The van der Waals surface area contributed by atoms with Crippen LogP contribution in [-0.2, 0) is 16.0 Å². The highest BCUT2D eigenvalue weighted by atomic mass is 16.5. The number of carbonyl (C=O) groups is 2. The molecule has 0 spiro atoms. The van der Waals surface area contributed by atoms with E-state index in [0.29, 0.717) is 18.9 Å². The molecule has 118 valence electrons. The van der Waals surface area contributed by atoms with Gasteiger partial charge in [-0.25, -0.2) is 4.79 Å². The van der Waals surface area contributed by atoms with Crippen molar-refractivity contribution < 1.29 is 14.3 Å². The van der Waals surface area contributed by atoms with Gasteiger partial charge in [-0.3, -0.25) is 4.79 Å². The number of rotatable bonds is 4. The average molecular weight is 303 g/mol. The molecule has 6 heteroatoms. The van der Waals surface area contributed by atoms with Crippen LogP contribution in [0.2, 0.25) is 0 Å². The van der Waals surface area contributed by atoms with Crippen LogP contribution < -0.4 is 16.0 Å². The Morgan fingerprint density at radius 1 is 1.50 bits per heavy atom. The normalized spacial score (nSPS) is 21.1. The molecule has 22 heavy (non-hydrogen) atoms. The van der Waals surface area contributed by atoms with E-state index in [1.807, 2.05) is 25.1 Å². The summed E-state index contributed by atoms with van der Waals surface area (Å²) >= 11 is 0. The summed E-state index contributed by atoms with van der Waals surface area (Å²) < 4.78 is 5.29. The number of urea groups is 1. The van der Waals surface area contributed by atoms with Gasteiger partial charge in [0.1, 0.15) is 0 Å². The summed E-state index contributed by atoms with van der Waals surface area (Å²) in [7, 11) is 0. The number of carbonyl (C=O) groups excluding carboxylic acids is 2. The minimum Gasteiger partial charge on any atom is -0.381 e. The molecule has 3 N–H and O–H groups in total. The van der Waals surface area contributed by atoms with Crippen LogP contribution in [0.3, 0.4) is 0 Å². The van der Waals surface area contributed by atoms with Gasteiger partial charge in [0, 0.05) is 24.8 Å². The van der Waals surface area contributed by atoms with Gasteiger partial charge in [0.15, 0.2) is 0 Å². The number of amides is 3. The molecule has 0 radical (unpaired) electrons. The lowest BCUT2D eigenvalue weighted by Crippen LogP contribution is -2.39. The van der Waals surface area contributed by atoms with E-state index >= 15 is 0 Å². The third-order valence-corrected chi connectivity index (χ3v) is 4.18. The largest absolute Gasteiger partial charge is 0.381 e. The minimum atomic E-state index is -0.172. The van der Waals surface area contributed by atoms with Gasteiger partial charge in [-0.2, -0.15) is 0 Å². The monoisotopic (exact) mass is 303 g/mol. The summed E-state index contributed by atoms with van der Waals surface area (Å²) in [6.07, 6.45) is 1.41. The number of anilines is 1. The van der Waals surface area contributed by atoms with Gasteiger partial charge in [-0.1, -0.05) is 12.1 Å². The van der Waals surface area contributed by atoms with Gasteiger partial charge in [0.2, 0.25) is 5.91 Å². The Kier molecular flexibility index (Phi) is 4.29. The Morgan fingerprint density at radius 3 is 3.14 bits per heavy atom. The summed E-state index contributed by atoms with van der Waals surface area (Å²) in [4.78, 5) is 23.3. The predicted octanol–water partition coefficient (Wildman–Crippen LogP) is 1.58. The molecular formula is C16H21N3O3. The summed E-state index contributed by atoms with van der Waals surface area (Å²) in [6, 6.07) is 5.51. The number of ether oxygens (including phenoxy) is 1. The highest BCUT2D eigenvalue weighted by molar-refractivity contribution is 5.99. The Hall–Kier alpha value is -2.08. The molecule has 3 amide bonds. The first-order valence-corrected chi connectivity index (χ1v) is 7.66. The molecule has 0 aromatic heterocycles. The number of hydrogen-bond donors (Lipinski definition) is 3. The second kappa shape index (κ2) is 6.36. The third-order valence-electron chi connectivity index (χ3n) is 4.18. The molecular weight excluding hydrogens is 282 g/mol. The van der Waals surface area contributed by atoms with Crippen molar-refractivity contribution in [2.24, 2.45) is 5.92 Å². The Morgan fingerprint density at radius 2 is 2.36 bits per heavy atom. The van der Waals surface area contributed by atoms with Crippen LogP contribution in [-0.4, -0.2) is 31.7 Å². The van der Waals surface area contributed by atoms with Crippen molar-refractivity contribution in [1.82, 2.24) is 10.6 Å². The fourth-order valence-corrected chi connectivity index (χ4v) is 2.83. The van der Waals surface area contributed by atoms with E-state index in [4.69, 9.17) is 4.74 Å². The van der Waals surface area contributed by atoms with E-state index in [2.05, 4.69) is 16.0 Å². The maximum absolute atomic E-state index is 11.9. The molecule has 0 bridgehead atoms. The van der Waals surface area contributed by atoms with Crippen LogP contribution in [0.1, 0.15) is 30.5 Å². The minimum absolute atomic E-state index is 0.0179. The van der Waals surface area contributed by atoms with Crippen LogP contribution in [0.25, 0.3) is 0 Å². The van der Waals surface area contributed by atoms with E-state index < -0.39 is 0 Å². The first kappa shape index (κ1) is 14.8. The van der Waals surface area contributed by atoms with Crippen molar-refractivity contribution in [2.45, 2.75) is 25.8 Å². The lowest BCUT2D eigenvalue weighted by molar-refractivity contribution is -0.115. The Labute approximate surface area is 129 Å². The second-order valence-electron chi connectivity index (χ2n) is 5.95. The predicted molar refractivity (Wildman–Crippen MR) is 82.7 cm³/mol. The molecule has 2 heterocycles. The van der Waals surface area contributed by atoms with Crippen LogP contribution in [0.15, 0.2) is 18.2 Å². The maximum Gasteiger partial charge on any atom is 0.315 e. The lowest BCUT2D eigenvalue weighted by Gasteiger charge is -2.17. The first-order valence-electron chi connectivity index (χ1n) is 7.66. The SMILES string of the molecule is CC(NC(=O)NCC1CCOC1)c1ccc2c(c1)CC(=O)N2. The van der Waals surface area contributed by atoms with Crippen molar-refractivity contribution >= 4 is 17.6 Å². The molecule has 0 saturated carbocycles. The molecule has 3 rings (SSSR count). The summed E-state index contributed by atoms with van der Waals surface area (Å²) in [6.45, 7) is 4.08. The number of hydrogen-bond acceptors (Lipinski definition) is 3. The summed E-state index contributed by atoms with van der Waals surface area (Å²) in [5.74, 6) is 0.433. The summed E-state index contributed by atoms with van der Waals surface area (Å²) in [5.41, 5.74) is 2.85.